The van der Waals surface area contributed by atoms with Crippen molar-refractivity contribution in [3.63, 3.8) is 0 Å². The minimum Gasteiger partial charge on any atom is -0.339 e. The van der Waals surface area contributed by atoms with Crippen molar-refractivity contribution in [2.75, 3.05) is 26.7 Å². The molecule has 2 aromatic heterocycles. The summed E-state index contributed by atoms with van der Waals surface area (Å²) >= 11 is 0. The number of carbonyl (C=O) groups excluding carboxylic acids is 1. The Morgan fingerprint density at radius 1 is 1.07 bits per heavy atom. The maximum Gasteiger partial charge on any atom is 0.256 e. The molecule has 0 bridgehead atoms. The third-order valence-corrected chi connectivity index (χ3v) is 8.88. The number of pyridine rings is 1. The molecule has 0 atom stereocenters. The Balaban J connectivity index is 1.33. The van der Waals surface area contributed by atoms with E-state index in [0.29, 0.717) is 17.2 Å². The van der Waals surface area contributed by atoms with Gasteiger partial charge in [-0.15, -0.1) is 0 Å². The Hall–Kier alpha value is -3.56. The largest absolute Gasteiger partial charge is 0.339 e. The van der Waals surface area contributed by atoms with E-state index in [1.54, 1.807) is 24.2 Å². The van der Waals surface area contributed by atoms with Gasteiger partial charge in [0.2, 0.25) is 0 Å². The van der Waals surface area contributed by atoms with E-state index in [9.17, 15) is 17.6 Å². The van der Waals surface area contributed by atoms with Crippen LogP contribution < -0.4 is 0 Å². The number of aromatic nitrogens is 2. The Labute approximate surface area is 242 Å². The predicted molar refractivity (Wildman–Crippen MR) is 161 cm³/mol. The van der Waals surface area contributed by atoms with Crippen LogP contribution in [0, 0.1) is 5.82 Å². The molecule has 7 nitrogen and oxygen atoms in total. The van der Waals surface area contributed by atoms with E-state index >= 15 is 0 Å². The molecule has 1 aliphatic rings. The van der Waals surface area contributed by atoms with Crippen molar-refractivity contribution in [1.29, 1.82) is 0 Å². The third kappa shape index (κ3) is 6.52. The first-order valence-corrected chi connectivity index (χ1v) is 15.5. The summed E-state index contributed by atoms with van der Waals surface area (Å²) < 4.78 is 38.3. The maximum atomic E-state index is 14.3. The summed E-state index contributed by atoms with van der Waals surface area (Å²) in [6.45, 7) is 6.80. The molecule has 0 spiro atoms. The number of hydrogen-bond acceptors (Lipinski definition) is 5. The summed E-state index contributed by atoms with van der Waals surface area (Å²) in [5.74, 6) is -0.204. The fourth-order valence-corrected chi connectivity index (χ4v) is 6.16. The smallest absolute Gasteiger partial charge is 0.256 e. The molecule has 0 N–H and O–H groups in total. The zero-order valence-corrected chi connectivity index (χ0v) is 24.7. The fourth-order valence-electron chi connectivity index (χ4n) is 5.65. The molecule has 0 unspecified atom stereocenters. The van der Waals surface area contributed by atoms with Gasteiger partial charge in [0, 0.05) is 37.4 Å². The van der Waals surface area contributed by atoms with E-state index < -0.39 is 16.5 Å². The van der Waals surface area contributed by atoms with Gasteiger partial charge >= 0.3 is 0 Å². The van der Waals surface area contributed by atoms with E-state index in [1.807, 2.05) is 54.9 Å². The average Bonchev–Trinajstić information content (AvgIpc) is 3.35. The van der Waals surface area contributed by atoms with E-state index in [-0.39, 0.29) is 17.7 Å². The molecule has 216 valence electrons. The van der Waals surface area contributed by atoms with Gasteiger partial charge < -0.3 is 14.4 Å². The van der Waals surface area contributed by atoms with Crippen LogP contribution in [-0.2, 0) is 22.9 Å². The lowest BCUT2D eigenvalue weighted by atomic mass is 9.89. The molecule has 0 aliphatic carbocycles. The molecular weight excluding hydrogens is 539 g/mol. The fraction of sp³-hybridized carbons (Fsp3) is 0.375. The molecule has 0 radical (unpaired) electrons. The lowest BCUT2D eigenvalue weighted by Crippen LogP contribution is -2.34. The molecule has 1 saturated heterocycles. The molecule has 2 aromatic carbocycles. The average molecular weight is 577 g/mol. The number of likely N-dealkylation sites (tertiary alicyclic amines) is 1. The maximum absolute atomic E-state index is 14.3. The predicted octanol–water partition coefficient (Wildman–Crippen LogP) is 5.18. The van der Waals surface area contributed by atoms with E-state index in [2.05, 4.69) is 16.1 Å². The number of thiol groups is 1. The first-order valence-electron chi connectivity index (χ1n) is 14.1. The van der Waals surface area contributed by atoms with Crippen molar-refractivity contribution >= 4 is 27.5 Å². The van der Waals surface area contributed by atoms with Crippen molar-refractivity contribution < 1.29 is 17.6 Å². The number of nitrogens with zero attached hydrogens (tertiary/aromatic N) is 4. The lowest BCUT2D eigenvalue weighted by molar-refractivity contribution is 0.0754. The van der Waals surface area contributed by atoms with Gasteiger partial charge in [-0.05, 0) is 93.1 Å². The highest BCUT2D eigenvalue weighted by molar-refractivity contribution is 7.71. The van der Waals surface area contributed by atoms with Gasteiger partial charge in [0.15, 0.2) is 0 Å². The summed E-state index contributed by atoms with van der Waals surface area (Å²) in [7, 11) is -0.668. The standard InChI is InChI=1S/C32H37FN4O3S/c1-22(2)35(3)32(38)28-18-26(33)8-9-30(28)37-20-29(27-10-14-34-19-31(27)37)25-12-16-36(17-13-25)15-11-23-4-6-24(7-5-23)21-41(39)40/h4-10,14,18-20,22,25,41H,11-13,15-17,21H2,1-3H3. The number of carbonyl (C=O) groups is 1. The SMILES string of the molecule is CC(C)N(C)C(=O)c1cc(F)ccc1-n1cc(C2CCN(CCc3ccc(C[SH](=O)=O)cc3)CC2)c2ccncc21. The first kappa shape index (κ1) is 29.0. The van der Waals surface area contributed by atoms with Crippen LogP contribution >= 0.6 is 0 Å². The topological polar surface area (TPSA) is 75.5 Å². The van der Waals surface area contributed by atoms with Crippen molar-refractivity contribution in [3.05, 3.63) is 95.2 Å². The molecule has 9 heteroatoms. The summed E-state index contributed by atoms with van der Waals surface area (Å²) in [6, 6.07) is 14.3. The van der Waals surface area contributed by atoms with Gasteiger partial charge in [0.1, 0.15) is 16.5 Å². The second-order valence-corrected chi connectivity index (χ2v) is 12.2. The Morgan fingerprint density at radius 3 is 2.46 bits per heavy atom. The van der Waals surface area contributed by atoms with E-state index in [0.717, 1.165) is 55.4 Å². The van der Waals surface area contributed by atoms with Crippen LogP contribution in [0.15, 0.2) is 67.1 Å². The van der Waals surface area contributed by atoms with Crippen LogP contribution in [-0.4, -0.2) is 66.4 Å². The summed E-state index contributed by atoms with van der Waals surface area (Å²) in [4.78, 5) is 21.8. The Kier molecular flexibility index (Phi) is 8.85. The number of halogens is 1. The monoisotopic (exact) mass is 576 g/mol. The summed E-state index contributed by atoms with van der Waals surface area (Å²) in [5.41, 5.74) is 5.15. The molecule has 1 amide bonds. The highest BCUT2D eigenvalue weighted by Crippen LogP contribution is 2.36. The Morgan fingerprint density at radius 2 is 1.78 bits per heavy atom. The summed E-state index contributed by atoms with van der Waals surface area (Å²) in [5, 5.41) is 1.11. The molecule has 1 aliphatic heterocycles. The minimum absolute atomic E-state index is 0.0158. The van der Waals surface area contributed by atoms with Crippen molar-refractivity contribution in [2.24, 2.45) is 0 Å². The highest BCUT2D eigenvalue weighted by Gasteiger charge is 2.26. The zero-order chi connectivity index (χ0) is 29.1. The van der Waals surface area contributed by atoms with Crippen LogP contribution in [0.25, 0.3) is 16.6 Å². The number of hydrogen-bond donors (Lipinski definition) is 1. The van der Waals surface area contributed by atoms with Crippen LogP contribution in [0.4, 0.5) is 4.39 Å². The van der Waals surface area contributed by atoms with Gasteiger partial charge in [-0.1, -0.05) is 24.3 Å². The highest BCUT2D eigenvalue weighted by atomic mass is 32.2. The van der Waals surface area contributed by atoms with Gasteiger partial charge in [0.25, 0.3) is 5.91 Å². The molecule has 0 saturated carbocycles. The second-order valence-electron chi connectivity index (χ2n) is 11.2. The van der Waals surface area contributed by atoms with Crippen LogP contribution in [0.2, 0.25) is 0 Å². The molecule has 3 heterocycles. The molecule has 1 fully saturated rings. The van der Waals surface area contributed by atoms with Gasteiger partial charge in [-0.25, -0.2) is 12.8 Å². The second kappa shape index (κ2) is 12.5. The molecule has 5 rings (SSSR count). The number of amides is 1. The van der Waals surface area contributed by atoms with Crippen LogP contribution in [0.1, 0.15) is 59.7 Å². The molecular formula is C32H37FN4O3S. The quantitative estimate of drug-likeness (QED) is 0.278. The number of fused-ring (bicyclic) bond motifs is 1. The van der Waals surface area contributed by atoms with E-state index in [4.69, 9.17) is 0 Å². The first-order chi connectivity index (χ1) is 19.7. The molecule has 4 aromatic rings. The lowest BCUT2D eigenvalue weighted by Gasteiger charge is -2.32. The van der Waals surface area contributed by atoms with Gasteiger partial charge in [-0.2, -0.15) is 0 Å². The Bertz CT molecular complexity index is 1600. The van der Waals surface area contributed by atoms with Crippen molar-refractivity contribution in [2.45, 2.75) is 50.8 Å². The number of piperidine rings is 1. The van der Waals surface area contributed by atoms with Gasteiger partial charge in [0.05, 0.1) is 28.7 Å². The summed E-state index contributed by atoms with van der Waals surface area (Å²) in [6.07, 6.45) is 8.69. The molecule has 41 heavy (non-hydrogen) atoms. The normalized spacial score (nSPS) is 14.8. The number of benzene rings is 2. The van der Waals surface area contributed by atoms with Crippen LogP contribution in [0.3, 0.4) is 0 Å². The third-order valence-electron chi connectivity index (χ3n) is 8.26. The van der Waals surface area contributed by atoms with Crippen LogP contribution in [0.5, 0.6) is 0 Å². The van der Waals surface area contributed by atoms with Gasteiger partial charge in [-0.3, -0.25) is 9.78 Å². The van der Waals surface area contributed by atoms with E-state index in [1.165, 1.54) is 23.3 Å². The number of rotatable bonds is 9. The zero-order valence-electron chi connectivity index (χ0n) is 23.8. The van der Waals surface area contributed by atoms with Crippen molar-refractivity contribution in [3.8, 4) is 5.69 Å². The minimum atomic E-state index is -2.41. The van der Waals surface area contributed by atoms with Crippen molar-refractivity contribution in [1.82, 2.24) is 19.4 Å².